The average molecular weight is 314 g/mol. The van der Waals surface area contributed by atoms with E-state index in [4.69, 9.17) is 0 Å². The van der Waals surface area contributed by atoms with Gasteiger partial charge in [-0.25, -0.2) is 0 Å². The summed E-state index contributed by atoms with van der Waals surface area (Å²) in [5, 5.41) is 0. The second-order valence-corrected chi connectivity index (χ2v) is 6.87. The molecule has 0 spiro atoms. The van der Waals surface area contributed by atoms with Crippen LogP contribution in [0.5, 0.6) is 0 Å². The third-order valence-corrected chi connectivity index (χ3v) is 5.46. The van der Waals surface area contributed by atoms with Crippen molar-refractivity contribution < 1.29 is 9.59 Å². The second-order valence-electron chi connectivity index (χ2n) is 6.87. The predicted octanol–water partition coefficient (Wildman–Crippen LogP) is 2.58. The zero-order chi connectivity index (χ0) is 16.3. The molecule has 1 aromatic rings. The number of hydrogen-bond acceptors (Lipinski definition) is 2. The first-order chi connectivity index (χ1) is 11.1. The highest BCUT2D eigenvalue weighted by Crippen LogP contribution is 2.41. The molecule has 124 valence electrons. The first-order valence-corrected chi connectivity index (χ1v) is 8.72. The van der Waals surface area contributed by atoms with Crippen LogP contribution in [0.15, 0.2) is 30.3 Å². The van der Waals surface area contributed by atoms with E-state index in [9.17, 15) is 9.59 Å². The zero-order valence-corrected chi connectivity index (χ0v) is 14.0. The number of carbonyl (C=O) groups is 2. The van der Waals surface area contributed by atoms with E-state index in [2.05, 4.69) is 12.1 Å². The fraction of sp³-hybridized carbons (Fsp3) is 0.579. The second kappa shape index (κ2) is 6.73. The topological polar surface area (TPSA) is 40.6 Å². The van der Waals surface area contributed by atoms with Crippen molar-refractivity contribution in [3.05, 3.63) is 35.9 Å². The van der Waals surface area contributed by atoms with E-state index in [1.165, 1.54) is 6.42 Å². The van der Waals surface area contributed by atoms with Crippen LogP contribution in [0.25, 0.3) is 0 Å². The molecule has 1 saturated heterocycles. The lowest BCUT2D eigenvalue weighted by molar-refractivity contribution is -0.138. The van der Waals surface area contributed by atoms with Crippen LogP contribution in [0.4, 0.5) is 0 Å². The van der Waals surface area contributed by atoms with Crippen molar-refractivity contribution in [1.29, 1.82) is 0 Å². The minimum Gasteiger partial charge on any atom is -0.344 e. The van der Waals surface area contributed by atoms with Crippen LogP contribution < -0.4 is 0 Å². The lowest BCUT2D eigenvalue weighted by Gasteiger charge is -2.40. The van der Waals surface area contributed by atoms with Gasteiger partial charge < -0.3 is 9.80 Å². The molecule has 1 aromatic carbocycles. The monoisotopic (exact) mass is 314 g/mol. The van der Waals surface area contributed by atoms with Crippen molar-refractivity contribution in [2.75, 3.05) is 26.7 Å². The molecule has 0 aromatic heterocycles. The van der Waals surface area contributed by atoms with Gasteiger partial charge in [-0.05, 0) is 18.4 Å². The Morgan fingerprint density at radius 3 is 2.39 bits per heavy atom. The van der Waals surface area contributed by atoms with Crippen LogP contribution in [-0.4, -0.2) is 48.3 Å². The Morgan fingerprint density at radius 1 is 1.00 bits per heavy atom. The third kappa shape index (κ3) is 3.12. The first kappa shape index (κ1) is 16.0. The normalized spacial score (nSPS) is 21.9. The summed E-state index contributed by atoms with van der Waals surface area (Å²) in [6.45, 7) is 1.84. The van der Waals surface area contributed by atoms with E-state index >= 15 is 0 Å². The molecule has 0 N–H and O–H groups in total. The number of hydrogen-bond donors (Lipinski definition) is 0. The summed E-state index contributed by atoms with van der Waals surface area (Å²) in [6.07, 6.45) is 5.71. The van der Waals surface area contributed by atoms with Crippen molar-refractivity contribution in [3.8, 4) is 0 Å². The molecule has 23 heavy (non-hydrogen) atoms. The number of carbonyl (C=O) groups excluding carboxylic acids is 2. The van der Waals surface area contributed by atoms with Gasteiger partial charge >= 0.3 is 0 Å². The highest BCUT2D eigenvalue weighted by atomic mass is 16.2. The van der Waals surface area contributed by atoms with Crippen molar-refractivity contribution in [3.63, 3.8) is 0 Å². The van der Waals surface area contributed by atoms with Gasteiger partial charge in [-0.15, -0.1) is 0 Å². The Bertz CT molecular complexity index is 564. The Balaban J connectivity index is 1.88. The van der Waals surface area contributed by atoms with Crippen LogP contribution in [0.2, 0.25) is 0 Å². The first-order valence-electron chi connectivity index (χ1n) is 8.72. The molecule has 0 radical (unpaired) electrons. The van der Waals surface area contributed by atoms with Gasteiger partial charge in [0.15, 0.2) is 0 Å². The van der Waals surface area contributed by atoms with Crippen LogP contribution in [0.3, 0.4) is 0 Å². The van der Waals surface area contributed by atoms with Gasteiger partial charge in [0.2, 0.25) is 11.8 Å². The molecule has 4 nitrogen and oxygen atoms in total. The lowest BCUT2D eigenvalue weighted by atomic mass is 9.68. The number of nitrogens with zero attached hydrogens (tertiary/aromatic N) is 2. The number of amides is 2. The summed E-state index contributed by atoms with van der Waals surface area (Å²) in [7, 11) is 1.82. The molecule has 1 saturated carbocycles. The predicted molar refractivity (Wildman–Crippen MR) is 90.0 cm³/mol. The smallest absolute Gasteiger partial charge is 0.233 e. The molecule has 2 amide bonds. The van der Waals surface area contributed by atoms with E-state index in [1.807, 2.05) is 30.1 Å². The summed E-state index contributed by atoms with van der Waals surface area (Å²) in [5.74, 6) is 0.365. The van der Waals surface area contributed by atoms with Crippen LogP contribution in [0, 0.1) is 0 Å². The molecule has 3 rings (SSSR count). The molecule has 2 fully saturated rings. The molecular weight excluding hydrogens is 288 g/mol. The third-order valence-electron chi connectivity index (χ3n) is 5.46. The molecule has 1 aliphatic heterocycles. The molecule has 4 heteroatoms. The van der Waals surface area contributed by atoms with Crippen molar-refractivity contribution in [2.45, 2.75) is 43.9 Å². The van der Waals surface area contributed by atoms with Crippen LogP contribution in [-0.2, 0) is 15.0 Å². The van der Waals surface area contributed by atoms with Crippen molar-refractivity contribution in [2.24, 2.45) is 0 Å². The quantitative estimate of drug-likeness (QED) is 0.842. The standard InChI is InChI=1S/C19H26N2O2/c1-20-14-15-21(13-10-17(20)22)18(23)19(11-6-3-7-12-19)16-8-4-2-5-9-16/h2,4-5,8-9H,3,6-7,10-15H2,1H3. The Morgan fingerprint density at radius 2 is 1.70 bits per heavy atom. The summed E-state index contributed by atoms with van der Waals surface area (Å²) in [4.78, 5) is 29.0. The van der Waals surface area contributed by atoms with E-state index in [0.717, 1.165) is 31.2 Å². The van der Waals surface area contributed by atoms with Crippen LogP contribution >= 0.6 is 0 Å². The van der Waals surface area contributed by atoms with Gasteiger partial charge in [-0.2, -0.15) is 0 Å². The van der Waals surface area contributed by atoms with Gasteiger partial charge in [-0.1, -0.05) is 49.6 Å². The minimum atomic E-state index is -0.383. The van der Waals surface area contributed by atoms with E-state index in [0.29, 0.717) is 26.1 Å². The highest BCUT2D eigenvalue weighted by Gasteiger charge is 2.43. The van der Waals surface area contributed by atoms with Gasteiger partial charge in [0, 0.05) is 33.1 Å². The zero-order valence-electron chi connectivity index (χ0n) is 14.0. The minimum absolute atomic E-state index is 0.137. The van der Waals surface area contributed by atoms with E-state index < -0.39 is 0 Å². The maximum absolute atomic E-state index is 13.4. The number of likely N-dealkylation sites (N-methyl/N-ethyl adjacent to an activating group) is 1. The molecule has 1 aliphatic carbocycles. The summed E-state index contributed by atoms with van der Waals surface area (Å²) < 4.78 is 0. The number of benzene rings is 1. The Labute approximate surface area is 138 Å². The SMILES string of the molecule is CN1CCN(C(=O)C2(c3ccccc3)CCCCC2)CCC1=O. The average Bonchev–Trinajstić information content (AvgIpc) is 2.78. The molecule has 1 heterocycles. The van der Waals surface area contributed by atoms with Crippen LogP contribution in [0.1, 0.15) is 44.1 Å². The fourth-order valence-electron chi connectivity index (χ4n) is 3.97. The maximum atomic E-state index is 13.4. The van der Waals surface area contributed by atoms with Gasteiger partial charge in [-0.3, -0.25) is 9.59 Å². The number of rotatable bonds is 2. The van der Waals surface area contributed by atoms with E-state index in [-0.39, 0.29) is 17.2 Å². The van der Waals surface area contributed by atoms with Gasteiger partial charge in [0.05, 0.1) is 5.41 Å². The molecule has 0 atom stereocenters. The van der Waals surface area contributed by atoms with E-state index in [1.54, 1.807) is 4.90 Å². The fourth-order valence-corrected chi connectivity index (χ4v) is 3.97. The molecular formula is C19H26N2O2. The summed E-state index contributed by atoms with van der Waals surface area (Å²) in [6, 6.07) is 10.2. The molecule has 0 unspecified atom stereocenters. The summed E-state index contributed by atoms with van der Waals surface area (Å²) >= 11 is 0. The molecule has 2 aliphatic rings. The largest absolute Gasteiger partial charge is 0.344 e. The van der Waals surface area contributed by atoms with Crippen molar-refractivity contribution >= 4 is 11.8 Å². The molecule has 0 bridgehead atoms. The highest BCUT2D eigenvalue weighted by molar-refractivity contribution is 5.89. The lowest BCUT2D eigenvalue weighted by Crippen LogP contribution is -2.49. The summed E-state index contributed by atoms with van der Waals surface area (Å²) in [5.41, 5.74) is 0.763. The Kier molecular flexibility index (Phi) is 4.69. The Hall–Kier alpha value is -1.84. The van der Waals surface area contributed by atoms with Gasteiger partial charge in [0.25, 0.3) is 0 Å². The van der Waals surface area contributed by atoms with Crippen molar-refractivity contribution in [1.82, 2.24) is 9.80 Å². The van der Waals surface area contributed by atoms with Gasteiger partial charge in [0.1, 0.15) is 0 Å². The maximum Gasteiger partial charge on any atom is 0.233 e.